The average Bonchev–Trinajstić information content (AvgIpc) is 2.65. The Morgan fingerprint density at radius 1 is 1.15 bits per heavy atom. The van der Waals surface area contributed by atoms with Crippen LogP contribution in [-0.2, 0) is 6.54 Å². The molecule has 0 unspecified atom stereocenters. The molecule has 0 fully saturated rings. The van der Waals surface area contributed by atoms with E-state index in [9.17, 15) is 9.59 Å². The van der Waals surface area contributed by atoms with Crippen LogP contribution in [0.3, 0.4) is 0 Å². The Labute approximate surface area is 163 Å². The summed E-state index contributed by atoms with van der Waals surface area (Å²) in [5.74, 6) is -0.155. The first-order valence-corrected chi connectivity index (χ1v) is 9.53. The van der Waals surface area contributed by atoms with E-state index in [1.807, 2.05) is 31.2 Å². The third-order valence-electron chi connectivity index (χ3n) is 4.61. The number of amides is 1. The third kappa shape index (κ3) is 4.40. The van der Waals surface area contributed by atoms with Gasteiger partial charge in [-0.15, -0.1) is 0 Å². The van der Waals surface area contributed by atoms with Gasteiger partial charge in [-0.2, -0.15) is 0 Å². The summed E-state index contributed by atoms with van der Waals surface area (Å²) >= 11 is 6.21. The molecule has 2 aromatic carbocycles. The standard InChI is InChI=1S/C22H23ClN2O2/c1-3-4-11-25(22(27)18-7-5-6-8-19(18)23)14-17-13-16-10-9-15(2)12-20(16)24-21(17)26/h5-10,12-13H,3-4,11,14H2,1-2H3,(H,24,26). The van der Waals surface area contributed by atoms with Crippen molar-refractivity contribution in [1.29, 1.82) is 0 Å². The number of nitrogens with one attached hydrogen (secondary N) is 1. The van der Waals surface area contributed by atoms with E-state index < -0.39 is 0 Å². The van der Waals surface area contributed by atoms with Crippen LogP contribution in [0.1, 0.15) is 41.3 Å². The number of aryl methyl sites for hydroxylation is 1. The molecule has 0 aliphatic rings. The third-order valence-corrected chi connectivity index (χ3v) is 4.94. The number of H-pyrrole nitrogens is 1. The van der Waals surface area contributed by atoms with Gasteiger partial charge in [0.25, 0.3) is 11.5 Å². The van der Waals surface area contributed by atoms with Crippen LogP contribution < -0.4 is 5.56 Å². The number of halogens is 1. The van der Waals surface area contributed by atoms with Gasteiger partial charge >= 0.3 is 0 Å². The van der Waals surface area contributed by atoms with Crippen molar-refractivity contribution in [1.82, 2.24) is 9.88 Å². The molecule has 27 heavy (non-hydrogen) atoms. The molecule has 0 aliphatic heterocycles. The van der Waals surface area contributed by atoms with Gasteiger partial charge in [-0.1, -0.05) is 49.2 Å². The number of hydrogen-bond donors (Lipinski definition) is 1. The summed E-state index contributed by atoms with van der Waals surface area (Å²) in [5, 5.41) is 1.38. The lowest BCUT2D eigenvalue weighted by Crippen LogP contribution is -2.33. The summed E-state index contributed by atoms with van der Waals surface area (Å²) in [4.78, 5) is 30.2. The van der Waals surface area contributed by atoms with Gasteiger partial charge in [0, 0.05) is 17.6 Å². The maximum absolute atomic E-state index is 13.0. The molecule has 3 aromatic rings. The smallest absolute Gasteiger partial charge is 0.255 e. The quantitative estimate of drug-likeness (QED) is 0.657. The molecule has 5 heteroatoms. The lowest BCUT2D eigenvalue weighted by atomic mass is 10.1. The first kappa shape index (κ1) is 19.2. The number of carbonyl (C=O) groups excluding carboxylic acids is 1. The second-order valence-corrected chi connectivity index (χ2v) is 7.18. The van der Waals surface area contributed by atoms with Crippen molar-refractivity contribution in [3.8, 4) is 0 Å². The zero-order valence-electron chi connectivity index (χ0n) is 15.6. The van der Waals surface area contributed by atoms with Gasteiger partial charge in [-0.3, -0.25) is 9.59 Å². The van der Waals surface area contributed by atoms with Gasteiger partial charge in [0.1, 0.15) is 0 Å². The minimum absolute atomic E-state index is 0.155. The van der Waals surface area contributed by atoms with Gasteiger partial charge in [-0.25, -0.2) is 0 Å². The van der Waals surface area contributed by atoms with E-state index >= 15 is 0 Å². The molecule has 0 atom stereocenters. The summed E-state index contributed by atoms with van der Waals surface area (Å²) in [6.45, 7) is 4.89. The number of unbranched alkanes of at least 4 members (excludes halogenated alkanes) is 1. The number of benzene rings is 2. The number of aromatic nitrogens is 1. The molecule has 0 saturated heterocycles. The fourth-order valence-corrected chi connectivity index (χ4v) is 3.31. The van der Waals surface area contributed by atoms with Crippen LogP contribution >= 0.6 is 11.6 Å². The minimum Gasteiger partial charge on any atom is -0.334 e. The second kappa shape index (κ2) is 8.40. The molecule has 4 nitrogen and oxygen atoms in total. The normalized spacial score (nSPS) is 10.9. The lowest BCUT2D eigenvalue weighted by molar-refractivity contribution is 0.0740. The van der Waals surface area contributed by atoms with E-state index in [-0.39, 0.29) is 18.0 Å². The number of pyridine rings is 1. The van der Waals surface area contributed by atoms with Gasteiger partial charge in [0.05, 0.1) is 17.1 Å². The highest BCUT2D eigenvalue weighted by atomic mass is 35.5. The molecule has 1 aromatic heterocycles. The molecule has 0 spiro atoms. The van der Waals surface area contributed by atoms with E-state index in [4.69, 9.17) is 11.6 Å². The average molecular weight is 383 g/mol. The van der Waals surface area contributed by atoms with Crippen LogP contribution in [0.15, 0.2) is 53.3 Å². The zero-order chi connectivity index (χ0) is 19.4. The molecule has 3 rings (SSSR count). The summed E-state index contributed by atoms with van der Waals surface area (Å²) in [7, 11) is 0. The molecule has 140 valence electrons. The van der Waals surface area contributed by atoms with Crippen LogP contribution in [-0.4, -0.2) is 22.3 Å². The fraction of sp³-hybridized carbons (Fsp3) is 0.273. The van der Waals surface area contributed by atoms with E-state index in [2.05, 4.69) is 11.9 Å². The summed E-state index contributed by atoms with van der Waals surface area (Å²) in [5.41, 5.74) is 2.76. The number of carbonyl (C=O) groups is 1. The summed E-state index contributed by atoms with van der Waals surface area (Å²) in [6.07, 6.45) is 1.82. The number of fused-ring (bicyclic) bond motifs is 1. The summed E-state index contributed by atoms with van der Waals surface area (Å²) in [6, 6.07) is 14.8. The molecular weight excluding hydrogens is 360 g/mol. The predicted octanol–water partition coefficient (Wildman–Crippen LogP) is 4.93. The molecule has 0 aliphatic carbocycles. The Morgan fingerprint density at radius 2 is 1.93 bits per heavy atom. The van der Waals surface area contributed by atoms with Crippen molar-refractivity contribution in [2.24, 2.45) is 0 Å². The van der Waals surface area contributed by atoms with Gasteiger partial charge in [-0.05, 0) is 48.6 Å². The molecule has 1 heterocycles. The monoisotopic (exact) mass is 382 g/mol. The van der Waals surface area contributed by atoms with Crippen LogP contribution in [0.4, 0.5) is 0 Å². The van der Waals surface area contributed by atoms with Crippen LogP contribution in [0.25, 0.3) is 10.9 Å². The van der Waals surface area contributed by atoms with Crippen LogP contribution in [0.5, 0.6) is 0 Å². The highest BCUT2D eigenvalue weighted by molar-refractivity contribution is 6.33. The maximum atomic E-state index is 13.0. The van der Waals surface area contributed by atoms with E-state index in [1.165, 1.54) is 0 Å². The fourth-order valence-electron chi connectivity index (χ4n) is 3.09. The maximum Gasteiger partial charge on any atom is 0.255 e. The van der Waals surface area contributed by atoms with Crippen molar-refractivity contribution in [2.75, 3.05) is 6.54 Å². The van der Waals surface area contributed by atoms with Crippen LogP contribution in [0.2, 0.25) is 5.02 Å². The number of aromatic amines is 1. The van der Waals surface area contributed by atoms with Crippen molar-refractivity contribution in [2.45, 2.75) is 33.2 Å². The van der Waals surface area contributed by atoms with E-state index in [0.29, 0.717) is 22.7 Å². The molecule has 0 saturated carbocycles. The second-order valence-electron chi connectivity index (χ2n) is 6.77. The lowest BCUT2D eigenvalue weighted by Gasteiger charge is -2.23. The van der Waals surface area contributed by atoms with Crippen molar-refractivity contribution < 1.29 is 4.79 Å². The highest BCUT2D eigenvalue weighted by Gasteiger charge is 2.19. The SMILES string of the molecule is CCCCN(Cc1cc2ccc(C)cc2[nH]c1=O)C(=O)c1ccccc1Cl. The Morgan fingerprint density at radius 3 is 2.67 bits per heavy atom. The molecule has 1 amide bonds. The molecule has 1 N–H and O–H groups in total. The van der Waals surface area contributed by atoms with E-state index in [1.54, 1.807) is 29.2 Å². The zero-order valence-corrected chi connectivity index (χ0v) is 16.3. The predicted molar refractivity (Wildman–Crippen MR) is 110 cm³/mol. The molecule has 0 bridgehead atoms. The molecule has 0 radical (unpaired) electrons. The van der Waals surface area contributed by atoms with Crippen molar-refractivity contribution in [3.63, 3.8) is 0 Å². The first-order chi connectivity index (χ1) is 13.0. The largest absolute Gasteiger partial charge is 0.334 e. The van der Waals surface area contributed by atoms with Gasteiger partial charge in [0.15, 0.2) is 0 Å². The van der Waals surface area contributed by atoms with Gasteiger partial charge in [0.2, 0.25) is 0 Å². The topological polar surface area (TPSA) is 53.2 Å². The Balaban J connectivity index is 1.95. The van der Waals surface area contributed by atoms with E-state index in [0.717, 1.165) is 29.3 Å². The van der Waals surface area contributed by atoms with Crippen molar-refractivity contribution in [3.05, 3.63) is 80.6 Å². The number of nitrogens with zero attached hydrogens (tertiary/aromatic N) is 1. The number of rotatable bonds is 6. The molecular formula is C22H23ClN2O2. The Kier molecular flexibility index (Phi) is 5.97. The Hall–Kier alpha value is -2.59. The van der Waals surface area contributed by atoms with Crippen LogP contribution in [0, 0.1) is 6.92 Å². The number of hydrogen-bond acceptors (Lipinski definition) is 2. The summed E-state index contributed by atoms with van der Waals surface area (Å²) < 4.78 is 0. The first-order valence-electron chi connectivity index (χ1n) is 9.16. The van der Waals surface area contributed by atoms with Crippen molar-refractivity contribution >= 4 is 28.4 Å². The Bertz CT molecular complexity index is 1030. The highest BCUT2D eigenvalue weighted by Crippen LogP contribution is 2.19. The minimum atomic E-state index is -0.165. The van der Waals surface area contributed by atoms with Gasteiger partial charge < -0.3 is 9.88 Å².